The highest BCUT2D eigenvalue weighted by Crippen LogP contribution is 2.43. The average molecular weight is 361 g/mol. The van der Waals surface area contributed by atoms with E-state index < -0.39 is 23.7 Å². The van der Waals surface area contributed by atoms with Gasteiger partial charge in [0.2, 0.25) is 0 Å². The molecule has 3 nitrogen and oxygen atoms in total. The molecule has 1 aromatic rings. The van der Waals surface area contributed by atoms with Gasteiger partial charge in [-0.25, -0.2) is 4.39 Å². The first-order valence-corrected chi connectivity index (χ1v) is 8.37. The summed E-state index contributed by atoms with van der Waals surface area (Å²) in [6.45, 7) is 2.24. The van der Waals surface area contributed by atoms with Crippen LogP contribution in [0, 0.1) is 5.92 Å². The van der Waals surface area contributed by atoms with Gasteiger partial charge >= 0.3 is 6.18 Å². The Kier molecular flexibility index (Phi) is 5.95. The lowest BCUT2D eigenvalue weighted by molar-refractivity contribution is -0.191. The number of benzene rings is 1. The second-order valence-corrected chi connectivity index (χ2v) is 6.45. The van der Waals surface area contributed by atoms with Crippen LogP contribution in [-0.2, 0) is 11.3 Å². The summed E-state index contributed by atoms with van der Waals surface area (Å²) in [6.07, 6.45) is -5.76. The van der Waals surface area contributed by atoms with Gasteiger partial charge in [-0.05, 0) is 50.3 Å². The van der Waals surface area contributed by atoms with Crippen molar-refractivity contribution in [3.05, 3.63) is 29.8 Å². The van der Waals surface area contributed by atoms with E-state index in [-0.39, 0.29) is 32.2 Å². The topological polar surface area (TPSA) is 29.5 Å². The molecular formula is C18H23F4NO2. The maximum atomic E-state index is 15.0. The van der Waals surface area contributed by atoms with Crippen molar-refractivity contribution in [1.82, 2.24) is 4.90 Å². The highest BCUT2D eigenvalue weighted by molar-refractivity contribution is 5.85. The second kappa shape index (κ2) is 7.62. The molecule has 0 aromatic heterocycles. The number of alkyl halides is 4. The zero-order valence-electron chi connectivity index (χ0n) is 14.4. The van der Waals surface area contributed by atoms with Crippen LogP contribution in [0.4, 0.5) is 17.6 Å². The summed E-state index contributed by atoms with van der Waals surface area (Å²) in [6, 6.07) is 7.04. The maximum absolute atomic E-state index is 15.0. The Hall–Kier alpha value is -1.79. The number of rotatable bonds is 5. The lowest BCUT2D eigenvalue weighted by atomic mass is 9.79. The number of ether oxygens (including phenoxy) is 1. The number of carbonyl (C=O) groups excluding carboxylic acids is 1. The minimum atomic E-state index is -4.32. The number of hydrogen-bond acceptors (Lipinski definition) is 2. The van der Waals surface area contributed by atoms with E-state index in [4.69, 9.17) is 4.74 Å². The monoisotopic (exact) mass is 361 g/mol. The molecular weight excluding hydrogens is 338 g/mol. The normalized spacial score (nSPS) is 24.0. The Labute approximate surface area is 145 Å². The summed E-state index contributed by atoms with van der Waals surface area (Å²) >= 11 is 0. The van der Waals surface area contributed by atoms with Crippen molar-refractivity contribution in [2.45, 2.75) is 51.0 Å². The highest BCUT2D eigenvalue weighted by Gasteiger charge is 2.50. The summed E-state index contributed by atoms with van der Waals surface area (Å²) < 4.78 is 58.3. The number of nitrogens with zero attached hydrogens (tertiary/aromatic N) is 1. The highest BCUT2D eigenvalue weighted by atomic mass is 19.4. The Morgan fingerprint density at radius 1 is 1.24 bits per heavy atom. The smallest absolute Gasteiger partial charge is 0.391 e. The first-order chi connectivity index (χ1) is 11.7. The molecule has 7 heteroatoms. The maximum Gasteiger partial charge on any atom is 0.391 e. The molecule has 0 bridgehead atoms. The molecule has 1 saturated carbocycles. The second-order valence-electron chi connectivity index (χ2n) is 6.45. The molecule has 1 aliphatic rings. The number of halogens is 4. The Bertz CT molecular complexity index is 578. The molecule has 1 fully saturated rings. The van der Waals surface area contributed by atoms with Gasteiger partial charge in [0.15, 0.2) is 5.67 Å². The number of amides is 1. The van der Waals surface area contributed by atoms with Crippen LogP contribution >= 0.6 is 0 Å². The SMILES string of the molecule is CCN(Cc1ccc(OC)cc1)C(=O)C1(F)CCC(C(F)(F)F)CC1. The first-order valence-electron chi connectivity index (χ1n) is 8.37. The van der Waals surface area contributed by atoms with Crippen LogP contribution in [0.3, 0.4) is 0 Å². The zero-order chi connectivity index (χ0) is 18.7. The predicted octanol–water partition coefficient (Wildman–Crippen LogP) is 4.50. The van der Waals surface area contributed by atoms with Crippen LogP contribution in [0.5, 0.6) is 5.75 Å². The molecule has 0 saturated heterocycles. The van der Waals surface area contributed by atoms with Gasteiger partial charge < -0.3 is 9.64 Å². The van der Waals surface area contributed by atoms with Crippen molar-refractivity contribution in [3.8, 4) is 5.75 Å². The van der Waals surface area contributed by atoms with E-state index in [0.29, 0.717) is 12.3 Å². The molecule has 0 radical (unpaired) electrons. The van der Waals surface area contributed by atoms with Crippen LogP contribution in [0.15, 0.2) is 24.3 Å². The van der Waals surface area contributed by atoms with Gasteiger partial charge in [0.1, 0.15) is 5.75 Å². The van der Waals surface area contributed by atoms with Gasteiger partial charge in [-0.2, -0.15) is 13.2 Å². The van der Waals surface area contributed by atoms with E-state index in [1.165, 1.54) is 4.90 Å². The van der Waals surface area contributed by atoms with Crippen LogP contribution in [0.1, 0.15) is 38.2 Å². The molecule has 0 unspecified atom stereocenters. The van der Waals surface area contributed by atoms with Crippen LogP contribution in [-0.4, -0.2) is 36.3 Å². The minimum Gasteiger partial charge on any atom is -0.497 e. The molecule has 140 valence electrons. The standard InChI is InChI=1S/C18H23F4NO2/c1-3-23(12-13-4-6-15(25-2)7-5-13)16(24)17(19)10-8-14(9-11-17)18(20,21)22/h4-7,14H,3,8-12H2,1-2H3. The zero-order valence-corrected chi connectivity index (χ0v) is 14.4. The summed E-state index contributed by atoms with van der Waals surface area (Å²) in [4.78, 5) is 13.9. The van der Waals surface area contributed by atoms with Crippen molar-refractivity contribution >= 4 is 5.91 Å². The molecule has 0 N–H and O–H groups in total. The third-order valence-corrected chi connectivity index (χ3v) is 4.83. The Morgan fingerprint density at radius 3 is 2.24 bits per heavy atom. The molecule has 25 heavy (non-hydrogen) atoms. The van der Waals surface area contributed by atoms with Gasteiger partial charge in [-0.15, -0.1) is 0 Å². The first kappa shape index (κ1) is 19.5. The van der Waals surface area contributed by atoms with Crippen LogP contribution < -0.4 is 4.74 Å². The van der Waals surface area contributed by atoms with E-state index in [2.05, 4.69) is 0 Å². The van der Waals surface area contributed by atoms with E-state index in [1.807, 2.05) is 0 Å². The Balaban J connectivity index is 2.03. The molecule has 1 aliphatic carbocycles. The predicted molar refractivity (Wildman–Crippen MR) is 85.9 cm³/mol. The molecule has 1 aromatic carbocycles. The summed E-state index contributed by atoms with van der Waals surface area (Å²) in [5.74, 6) is -1.56. The molecule has 0 heterocycles. The van der Waals surface area contributed by atoms with Crippen molar-refractivity contribution in [2.24, 2.45) is 5.92 Å². The average Bonchev–Trinajstić information content (AvgIpc) is 2.59. The largest absolute Gasteiger partial charge is 0.497 e. The van der Waals surface area contributed by atoms with Gasteiger partial charge in [0.05, 0.1) is 13.0 Å². The van der Waals surface area contributed by atoms with Gasteiger partial charge in [-0.3, -0.25) is 4.79 Å². The summed E-state index contributed by atoms with van der Waals surface area (Å²) in [7, 11) is 1.54. The van der Waals surface area contributed by atoms with Gasteiger partial charge in [-0.1, -0.05) is 12.1 Å². The van der Waals surface area contributed by atoms with E-state index >= 15 is 4.39 Å². The summed E-state index contributed by atoms with van der Waals surface area (Å²) in [5.41, 5.74) is -1.40. The fraction of sp³-hybridized carbons (Fsp3) is 0.611. The number of hydrogen-bond donors (Lipinski definition) is 0. The lowest BCUT2D eigenvalue weighted by Gasteiger charge is -2.36. The van der Waals surface area contributed by atoms with Crippen LogP contribution in [0.25, 0.3) is 0 Å². The third-order valence-electron chi connectivity index (χ3n) is 4.83. The molecule has 0 spiro atoms. The van der Waals surface area contributed by atoms with Gasteiger partial charge in [0, 0.05) is 13.1 Å². The van der Waals surface area contributed by atoms with Crippen molar-refractivity contribution in [3.63, 3.8) is 0 Å². The fourth-order valence-electron chi connectivity index (χ4n) is 3.18. The molecule has 2 rings (SSSR count). The number of carbonyl (C=O) groups is 1. The number of methoxy groups -OCH3 is 1. The molecule has 0 aliphatic heterocycles. The Morgan fingerprint density at radius 2 is 1.80 bits per heavy atom. The molecule has 1 amide bonds. The van der Waals surface area contributed by atoms with Crippen LogP contribution in [0.2, 0.25) is 0 Å². The third kappa shape index (κ3) is 4.64. The quantitative estimate of drug-likeness (QED) is 0.723. The fourth-order valence-corrected chi connectivity index (χ4v) is 3.18. The van der Waals surface area contributed by atoms with Crippen molar-refractivity contribution in [2.75, 3.05) is 13.7 Å². The van der Waals surface area contributed by atoms with E-state index in [0.717, 1.165) is 5.56 Å². The van der Waals surface area contributed by atoms with Crippen molar-refractivity contribution in [1.29, 1.82) is 0 Å². The van der Waals surface area contributed by atoms with E-state index in [1.54, 1.807) is 38.3 Å². The van der Waals surface area contributed by atoms with Gasteiger partial charge in [0.25, 0.3) is 5.91 Å². The van der Waals surface area contributed by atoms with E-state index in [9.17, 15) is 18.0 Å². The van der Waals surface area contributed by atoms with Crippen molar-refractivity contribution < 1.29 is 27.1 Å². The lowest BCUT2D eigenvalue weighted by Crippen LogP contribution is -2.48. The molecule has 0 atom stereocenters. The summed E-state index contributed by atoms with van der Waals surface area (Å²) in [5, 5.41) is 0. The minimum absolute atomic E-state index is 0.216.